The molecule has 0 spiro atoms. The van der Waals surface area contributed by atoms with Crippen molar-refractivity contribution in [1.29, 1.82) is 0 Å². The number of nitrogens with one attached hydrogen (secondary N) is 1. The SMILES string of the molecule is C[C@@H](Sc1nnc(N)s1)c1nc2scc(-c3cccs3)c2c(=O)[nH]1. The second kappa shape index (κ2) is 6.28. The van der Waals surface area contributed by atoms with Gasteiger partial charge in [-0.3, -0.25) is 4.79 Å². The number of thiophene rings is 2. The van der Waals surface area contributed by atoms with E-state index in [2.05, 4.69) is 20.2 Å². The molecule has 0 aliphatic heterocycles. The third kappa shape index (κ3) is 2.86. The van der Waals surface area contributed by atoms with E-state index >= 15 is 0 Å². The van der Waals surface area contributed by atoms with E-state index in [1.165, 1.54) is 34.4 Å². The molecule has 4 rings (SSSR count). The summed E-state index contributed by atoms with van der Waals surface area (Å²) < 4.78 is 0.758. The maximum absolute atomic E-state index is 12.6. The summed E-state index contributed by atoms with van der Waals surface area (Å²) in [6.45, 7) is 1.97. The molecule has 0 saturated heterocycles. The average molecular weight is 394 g/mol. The van der Waals surface area contributed by atoms with Crippen molar-refractivity contribution in [2.45, 2.75) is 16.5 Å². The molecule has 0 fully saturated rings. The van der Waals surface area contributed by atoms with Crippen LogP contribution in [0, 0.1) is 0 Å². The zero-order valence-electron chi connectivity index (χ0n) is 12.3. The smallest absolute Gasteiger partial charge is 0.260 e. The van der Waals surface area contributed by atoms with Gasteiger partial charge in [0, 0.05) is 15.8 Å². The topological polar surface area (TPSA) is 97.5 Å². The van der Waals surface area contributed by atoms with E-state index in [0.717, 1.165) is 19.6 Å². The Kier molecular flexibility index (Phi) is 4.12. The number of hydrogen-bond donors (Lipinski definition) is 2. The molecule has 4 aromatic rings. The first-order valence-corrected chi connectivity index (χ1v) is 10.4. The molecule has 0 unspecified atom stereocenters. The maximum atomic E-state index is 12.6. The zero-order valence-corrected chi connectivity index (χ0v) is 15.6. The zero-order chi connectivity index (χ0) is 16.7. The van der Waals surface area contributed by atoms with E-state index in [9.17, 15) is 4.79 Å². The highest BCUT2D eigenvalue weighted by atomic mass is 32.2. The highest BCUT2D eigenvalue weighted by Crippen LogP contribution is 2.37. The second-order valence-electron chi connectivity index (χ2n) is 4.92. The summed E-state index contributed by atoms with van der Waals surface area (Å²) in [6.07, 6.45) is 0. The molecule has 0 aromatic carbocycles. The van der Waals surface area contributed by atoms with Crippen molar-refractivity contribution in [2.75, 3.05) is 5.73 Å². The van der Waals surface area contributed by atoms with Crippen LogP contribution >= 0.6 is 45.8 Å². The van der Waals surface area contributed by atoms with Gasteiger partial charge in [0.15, 0.2) is 4.34 Å². The van der Waals surface area contributed by atoms with Crippen LogP contribution in [0.3, 0.4) is 0 Å². The van der Waals surface area contributed by atoms with E-state index in [4.69, 9.17) is 5.73 Å². The molecule has 0 saturated carbocycles. The van der Waals surface area contributed by atoms with Crippen LogP contribution in [-0.2, 0) is 0 Å². The summed E-state index contributed by atoms with van der Waals surface area (Å²) in [5.41, 5.74) is 6.44. The molecular formula is C14H11N5OS4. The first-order chi connectivity index (χ1) is 11.6. The largest absolute Gasteiger partial charge is 0.374 e. The van der Waals surface area contributed by atoms with Gasteiger partial charge in [0.05, 0.1) is 10.6 Å². The van der Waals surface area contributed by atoms with Crippen LogP contribution in [0.25, 0.3) is 20.7 Å². The Labute approximate surface area is 152 Å². The molecule has 3 N–H and O–H groups in total. The molecule has 24 heavy (non-hydrogen) atoms. The molecule has 1 atom stereocenters. The minimum atomic E-state index is -0.108. The summed E-state index contributed by atoms with van der Waals surface area (Å²) in [6, 6.07) is 3.99. The average Bonchev–Trinajstić information content (AvgIpc) is 3.27. The number of rotatable bonds is 4. The van der Waals surface area contributed by atoms with Crippen LogP contribution in [0.1, 0.15) is 18.0 Å². The quantitative estimate of drug-likeness (QED) is 0.509. The minimum absolute atomic E-state index is 0.0539. The molecule has 0 bridgehead atoms. The van der Waals surface area contributed by atoms with Gasteiger partial charge in [-0.25, -0.2) is 4.98 Å². The first kappa shape index (κ1) is 15.8. The van der Waals surface area contributed by atoms with E-state index in [1.54, 1.807) is 11.3 Å². The number of thioether (sulfide) groups is 1. The third-order valence-electron chi connectivity index (χ3n) is 3.33. The Hall–Kier alpha value is -1.75. The third-order valence-corrected chi connectivity index (χ3v) is 7.05. The molecule has 0 amide bonds. The predicted molar refractivity (Wildman–Crippen MR) is 102 cm³/mol. The molecule has 0 aliphatic rings. The minimum Gasteiger partial charge on any atom is -0.374 e. The predicted octanol–water partition coefficient (Wildman–Crippen LogP) is 4.00. The first-order valence-electron chi connectivity index (χ1n) is 6.92. The lowest BCUT2D eigenvalue weighted by atomic mass is 10.2. The van der Waals surface area contributed by atoms with Gasteiger partial charge in [-0.2, -0.15) is 0 Å². The van der Waals surface area contributed by atoms with E-state index in [-0.39, 0.29) is 10.8 Å². The molecule has 0 radical (unpaired) electrons. The number of hydrogen-bond acceptors (Lipinski definition) is 9. The summed E-state index contributed by atoms with van der Waals surface area (Å²) in [4.78, 5) is 22.0. The fourth-order valence-corrected chi connectivity index (χ4v) is 5.85. The van der Waals surface area contributed by atoms with E-state index < -0.39 is 0 Å². The second-order valence-corrected chi connectivity index (χ2v) is 9.33. The van der Waals surface area contributed by atoms with Gasteiger partial charge in [0.1, 0.15) is 10.7 Å². The number of H-pyrrole nitrogens is 1. The van der Waals surface area contributed by atoms with Gasteiger partial charge >= 0.3 is 0 Å². The van der Waals surface area contributed by atoms with Crippen molar-refractivity contribution >= 4 is 61.1 Å². The Morgan fingerprint density at radius 3 is 2.92 bits per heavy atom. The van der Waals surface area contributed by atoms with Crippen molar-refractivity contribution in [3.8, 4) is 10.4 Å². The molecule has 4 aromatic heterocycles. The Morgan fingerprint density at radius 2 is 2.21 bits per heavy atom. The molecule has 10 heteroatoms. The lowest BCUT2D eigenvalue weighted by Gasteiger charge is -2.08. The summed E-state index contributed by atoms with van der Waals surface area (Å²) in [5, 5.41) is 12.8. The number of aromatic nitrogens is 4. The summed E-state index contributed by atoms with van der Waals surface area (Å²) in [5.74, 6) is 0.630. The fourth-order valence-electron chi connectivity index (χ4n) is 2.25. The van der Waals surface area contributed by atoms with Crippen molar-refractivity contribution in [1.82, 2.24) is 20.2 Å². The Bertz CT molecular complexity index is 1050. The van der Waals surface area contributed by atoms with Gasteiger partial charge in [0.25, 0.3) is 5.56 Å². The van der Waals surface area contributed by atoms with E-state index in [1.807, 2.05) is 29.8 Å². The molecule has 0 aliphatic carbocycles. The number of nitrogens with two attached hydrogens (primary N) is 1. The van der Waals surface area contributed by atoms with Crippen LogP contribution in [0.4, 0.5) is 5.13 Å². The maximum Gasteiger partial charge on any atom is 0.260 e. The van der Waals surface area contributed by atoms with Gasteiger partial charge in [-0.15, -0.1) is 32.9 Å². The highest BCUT2D eigenvalue weighted by molar-refractivity contribution is 8.01. The van der Waals surface area contributed by atoms with Gasteiger partial charge in [-0.05, 0) is 18.4 Å². The van der Waals surface area contributed by atoms with Crippen LogP contribution < -0.4 is 11.3 Å². The monoisotopic (exact) mass is 393 g/mol. The van der Waals surface area contributed by atoms with Crippen molar-refractivity contribution in [3.05, 3.63) is 39.1 Å². The lowest BCUT2D eigenvalue weighted by molar-refractivity contribution is 0.919. The normalized spacial score (nSPS) is 12.7. The fraction of sp³-hybridized carbons (Fsp3) is 0.143. The van der Waals surface area contributed by atoms with Crippen molar-refractivity contribution in [3.63, 3.8) is 0 Å². The molecule has 6 nitrogen and oxygen atoms in total. The van der Waals surface area contributed by atoms with Crippen LogP contribution in [0.2, 0.25) is 0 Å². The van der Waals surface area contributed by atoms with E-state index in [0.29, 0.717) is 16.3 Å². The van der Waals surface area contributed by atoms with Gasteiger partial charge in [-0.1, -0.05) is 29.2 Å². The highest BCUT2D eigenvalue weighted by Gasteiger charge is 2.18. The number of anilines is 1. The van der Waals surface area contributed by atoms with Crippen molar-refractivity contribution < 1.29 is 0 Å². The summed E-state index contributed by atoms with van der Waals surface area (Å²) >= 11 is 5.91. The number of nitrogen functional groups attached to an aromatic ring is 1. The summed E-state index contributed by atoms with van der Waals surface area (Å²) in [7, 11) is 0. The van der Waals surface area contributed by atoms with Crippen LogP contribution in [0.5, 0.6) is 0 Å². The Morgan fingerprint density at radius 1 is 1.33 bits per heavy atom. The van der Waals surface area contributed by atoms with Crippen molar-refractivity contribution in [2.24, 2.45) is 0 Å². The molecular weight excluding hydrogens is 382 g/mol. The lowest BCUT2D eigenvalue weighted by Crippen LogP contribution is -2.12. The Balaban J connectivity index is 1.72. The standard InChI is InChI=1S/C14H11N5OS4/c1-6(23-14-19-18-13(15)24-14)10-16-11(20)9-7(5-22-12(9)17-10)8-3-2-4-21-8/h2-6H,1H3,(H2,15,18)(H,16,17,20)/t6-/m1/s1. The van der Waals surface area contributed by atoms with Gasteiger partial charge in [0.2, 0.25) is 5.13 Å². The molecule has 4 heterocycles. The molecule has 122 valence electrons. The number of nitrogens with zero attached hydrogens (tertiary/aromatic N) is 3. The number of aromatic amines is 1. The van der Waals surface area contributed by atoms with Crippen LogP contribution in [0.15, 0.2) is 32.0 Å². The number of fused-ring (bicyclic) bond motifs is 1. The van der Waals surface area contributed by atoms with Crippen LogP contribution in [-0.4, -0.2) is 20.2 Å². The van der Waals surface area contributed by atoms with Gasteiger partial charge < -0.3 is 10.7 Å².